The molecule has 0 heterocycles. The highest BCUT2D eigenvalue weighted by Gasteiger charge is 2.25. The Bertz CT molecular complexity index is 701. The molecule has 0 aliphatic carbocycles. The number of amides is 2. The summed E-state index contributed by atoms with van der Waals surface area (Å²) in [7, 11) is 0. The van der Waals surface area contributed by atoms with Gasteiger partial charge in [-0.25, -0.2) is 0 Å². The number of unbranched alkanes of at least 4 members (excludes halogenated alkanes) is 2. The largest absolute Gasteiger partial charge is 0.325 e. The number of nitrogens with one attached hydrogen (secondary N) is 2. The van der Waals surface area contributed by atoms with E-state index in [-0.39, 0.29) is 11.8 Å². The van der Waals surface area contributed by atoms with E-state index in [1.54, 1.807) is 0 Å². The second-order valence-electron chi connectivity index (χ2n) is 7.54. The van der Waals surface area contributed by atoms with Gasteiger partial charge in [0.05, 0.1) is 0 Å². The van der Waals surface area contributed by atoms with E-state index in [2.05, 4.69) is 24.5 Å². The van der Waals surface area contributed by atoms with E-state index in [0.29, 0.717) is 6.42 Å². The monoisotopic (exact) mass is 394 g/mol. The average molecular weight is 395 g/mol. The predicted octanol–water partition coefficient (Wildman–Crippen LogP) is 5.98. The minimum atomic E-state index is -0.727. The highest BCUT2D eigenvalue weighted by Crippen LogP contribution is 2.17. The normalized spacial score (nSPS) is 10.8. The van der Waals surface area contributed by atoms with Gasteiger partial charge in [-0.2, -0.15) is 0 Å². The first-order chi connectivity index (χ1) is 14.1. The summed E-state index contributed by atoms with van der Waals surface area (Å²) in [5, 5.41) is 5.75. The third kappa shape index (κ3) is 7.37. The summed E-state index contributed by atoms with van der Waals surface area (Å²) in [5.41, 5.74) is 3.97. The quantitative estimate of drug-likeness (QED) is 0.461. The molecule has 0 atom stereocenters. The van der Waals surface area contributed by atoms with E-state index in [0.717, 1.165) is 49.9 Å². The second-order valence-corrected chi connectivity index (χ2v) is 7.54. The first-order valence-corrected chi connectivity index (χ1v) is 10.9. The Morgan fingerprint density at radius 2 is 1.07 bits per heavy atom. The molecule has 4 heteroatoms. The van der Waals surface area contributed by atoms with E-state index in [1.165, 1.54) is 11.1 Å². The highest BCUT2D eigenvalue weighted by molar-refractivity contribution is 6.10. The van der Waals surface area contributed by atoms with Crippen LogP contribution in [0.1, 0.15) is 64.0 Å². The van der Waals surface area contributed by atoms with Crippen molar-refractivity contribution in [2.24, 2.45) is 5.92 Å². The molecule has 0 saturated heterocycles. The minimum absolute atomic E-state index is 0.272. The zero-order valence-corrected chi connectivity index (χ0v) is 18.0. The molecular formula is C25H34N2O2. The van der Waals surface area contributed by atoms with E-state index in [1.807, 2.05) is 55.5 Å². The summed E-state index contributed by atoms with van der Waals surface area (Å²) >= 11 is 0. The lowest BCUT2D eigenvalue weighted by atomic mass is 10.0. The van der Waals surface area contributed by atoms with Crippen LogP contribution in [0.5, 0.6) is 0 Å². The maximum Gasteiger partial charge on any atom is 0.236 e. The van der Waals surface area contributed by atoms with Crippen LogP contribution in [0, 0.1) is 5.92 Å². The second kappa shape index (κ2) is 12.1. The standard InChI is InChI=1S/C25H34N2O2/c1-4-7-9-19-11-15-21(16-12-19)26-24(28)23(6-3)25(29)27-22-17-13-20(14-18-22)10-8-5-2/h11-18,23H,4-10H2,1-3H3,(H,26,28)(H,27,29). The molecule has 0 spiro atoms. The lowest BCUT2D eigenvalue weighted by Gasteiger charge is -2.15. The number of hydrogen-bond donors (Lipinski definition) is 2. The summed E-state index contributed by atoms with van der Waals surface area (Å²) in [6.45, 7) is 6.20. The molecule has 2 aromatic rings. The first-order valence-electron chi connectivity index (χ1n) is 10.9. The van der Waals surface area contributed by atoms with Gasteiger partial charge in [0.1, 0.15) is 5.92 Å². The summed E-state index contributed by atoms with van der Waals surface area (Å²) in [6.07, 6.45) is 7.16. The van der Waals surface area contributed by atoms with Crippen LogP contribution in [0.4, 0.5) is 11.4 Å². The molecule has 0 saturated carbocycles. The maximum absolute atomic E-state index is 12.6. The van der Waals surface area contributed by atoms with Crippen molar-refractivity contribution in [3.8, 4) is 0 Å². The van der Waals surface area contributed by atoms with Gasteiger partial charge in [0.15, 0.2) is 0 Å². The smallest absolute Gasteiger partial charge is 0.236 e. The summed E-state index contributed by atoms with van der Waals surface area (Å²) in [4.78, 5) is 25.3. The Hall–Kier alpha value is -2.62. The van der Waals surface area contributed by atoms with Gasteiger partial charge in [-0.3, -0.25) is 9.59 Å². The van der Waals surface area contributed by atoms with Crippen LogP contribution in [0.25, 0.3) is 0 Å². The molecule has 2 N–H and O–H groups in total. The zero-order valence-electron chi connectivity index (χ0n) is 18.0. The van der Waals surface area contributed by atoms with Crippen molar-refractivity contribution in [3.63, 3.8) is 0 Å². The Labute approximate surface area is 175 Å². The summed E-state index contributed by atoms with van der Waals surface area (Å²) in [5.74, 6) is -1.27. The number of anilines is 2. The van der Waals surface area contributed by atoms with Gasteiger partial charge < -0.3 is 10.6 Å². The molecule has 2 rings (SSSR count). The molecule has 4 nitrogen and oxygen atoms in total. The fourth-order valence-corrected chi connectivity index (χ4v) is 3.22. The van der Waals surface area contributed by atoms with Crippen molar-refractivity contribution in [2.75, 3.05) is 10.6 Å². The molecule has 0 unspecified atom stereocenters. The van der Waals surface area contributed by atoms with Crippen LogP contribution in [0.3, 0.4) is 0 Å². The highest BCUT2D eigenvalue weighted by atomic mass is 16.2. The lowest BCUT2D eigenvalue weighted by molar-refractivity contribution is -0.129. The molecule has 0 fully saturated rings. The molecule has 156 valence electrons. The van der Waals surface area contributed by atoms with E-state index in [9.17, 15) is 9.59 Å². The SMILES string of the molecule is CCCCc1ccc(NC(=O)C(CC)C(=O)Nc2ccc(CCCC)cc2)cc1. The number of carbonyl (C=O) groups excluding carboxylic acids is 2. The van der Waals surface area contributed by atoms with Crippen LogP contribution >= 0.6 is 0 Å². The molecule has 0 bridgehead atoms. The number of rotatable bonds is 11. The summed E-state index contributed by atoms with van der Waals surface area (Å²) < 4.78 is 0. The number of carbonyl (C=O) groups is 2. The van der Waals surface area contributed by atoms with Gasteiger partial charge >= 0.3 is 0 Å². The molecular weight excluding hydrogens is 360 g/mol. The molecule has 0 aliphatic rings. The van der Waals surface area contributed by atoms with Crippen molar-refractivity contribution in [3.05, 3.63) is 59.7 Å². The van der Waals surface area contributed by atoms with E-state index >= 15 is 0 Å². The zero-order chi connectivity index (χ0) is 21.1. The Kier molecular flexibility index (Phi) is 9.42. The average Bonchev–Trinajstić information content (AvgIpc) is 2.73. The van der Waals surface area contributed by atoms with Crippen molar-refractivity contribution >= 4 is 23.2 Å². The molecule has 29 heavy (non-hydrogen) atoms. The number of aryl methyl sites for hydroxylation is 2. The molecule has 2 aromatic carbocycles. The van der Waals surface area contributed by atoms with Gasteiger partial charge in [0.2, 0.25) is 11.8 Å². The molecule has 0 radical (unpaired) electrons. The van der Waals surface area contributed by atoms with Crippen LogP contribution in [-0.4, -0.2) is 11.8 Å². The molecule has 2 amide bonds. The Balaban J connectivity index is 1.93. The molecule has 0 aliphatic heterocycles. The predicted molar refractivity (Wildman–Crippen MR) is 121 cm³/mol. The maximum atomic E-state index is 12.6. The van der Waals surface area contributed by atoms with Gasteiger partial charge in [-0.15, -0.1) is 0 Å². The van der Waals surface area contributed by atoms with Crippen molar-refractivity contribution in [1.82, 2.24) is 0 Å². The van der Waals surface area contributed by atoms with Gasteiger partial charge in [-0.1, -0.05) is 57.9 Å². The van der Waals surface area contributed by atoms with E-state index in [4.69, 9.17) is 0 Å². The summed E-state index contributed by atoms with van der Waals surface area (Å²) in [6, 6.07) is 15.8. The number of benzene rings is 2. The minimum Gasteiger partial charge on any atom is -0.325 e. The fourth-order valence-electron chi connectivity index (χ4n) is 3.22. The number of hydrogen-bond acceptors (Lipinski definition) is 2. The van der Waals surface area contributed by atoms with Crippen LogP contribution in [0.15, 0.2) is 48.5 Å². The fraction of sp³-hybridized carbons (Fsp3) is 0.440. The van der Waals surface area contributed by atoms with Crippen LogP contribution in [-0.2, 0) is 22.4 Å². The van der Waals surface area contributed by atoms with E-state index < -0.39 is 5.92 Å². The van der Waals surface area contributed by atoms with Gasteiger partial charge in [0.25, 0.3) is 0 Å². The Morgan fingerprint density at radius 3 is 1.38 bits per heavy atom. The lowest BCUT2D eigenvalue weighted by Crippen LogP contribution is -2.33. The van der Waals surface area contributed by atoms with Crippen LogP contribution in [0.2, 0.25) is 0 Å². The van der Waals surface area contributed by atoms with Crippen molar-refractivity contribution in [1.29, 1.82) is 0 Å². The topological polar surface area (TPSA) is 58.2 Å². The third-order valence-corrected chi connectivity index (χ3v) is 5.12. The van der Waals surface area contributed by atoms with Gasteiger partial charge in [0, 0.05) is 11.4 Å². The van der Waals surface area contributed by atoms with Crippen LogP contribution < -0.4 is 10.6 Å². The molecule has 0 aromatic heterocycles. The first kappa shape index (κ1) is 22.7. The van der Waals surface area contributed by atoms with Crippen molar-refractivity contribution in [2.45, 2.75) is 65.7 Å². The van der Waals surface area contributed by atoms with Crippen molar-refractivity contribution < 1.29 is 9.59 Å². The Morgan fingerprint density at radius 1 is 0.690 bits per heavy atom. The van der Waals surface area contributed by atoms with Gasteiger partial charge in [-0.05, 0) is 67.5 Å². The third-order valence-electron chi connectivity index (χ3n) is 5.12.